The lowest BCUT2D eigenvalue weighted by Crippen LogP contribution is -2.26. The van der Waals surface area contributed by atoms with Crippen LogP contribution in [-0.2, 0) is 0 Å². The Bertz CT molecular complexity index is 3270. The SMILES string of the molecule is C1=c2ccc(-c3ccc4cc(-c5ccc6c(-c7ccc8ccccc8c7)c7ccccc7c(-c7ccc8ccccc8c7)c6c5)ccc4c3)cc2=CCC1. The second-order valence-corrected chi connectivity index (χ2v) is 14.8. The van der Waals surface area contributed by atoms with Crippen molar-refractivity contribution in [2.75, 3.05) is 0 Å². The van der Waals surface area contributed by atoms with Crippen molar-refractivity contribution in [1.82, 2.24) is 0 Å². The van der Waals surface area contributed by atoms with Gasteiger partial charge in [0.15, 0.2) is 0 Å². The van der Waals surface area contributed by atoms with Crippen molar-refractivity contribution in [3.63, 3.8) is 0 Å². The molecular formula is C54H36. The molecule has 10 aromatic carbocycles. The highest BCUT2D eigenvalue weighted by Gasteiger charge is 2.18. The van der Waals surface area contributed by atoms with E-state index in [9.17, 15) is 0 Å². The third kappa shape index (κ3) is 5.14. The lowest BCUT2D eigenvalue weighted by Gasteiger charge is -2.19. The number of rotatable bonds is 4. The Morgan fingerprint density at radius 1 is 0.241 bits per heavy atom. The van der Waals surface area contributed by atoms with Crippen molar-refractivity contribution in [2.24, 2.45) is 0 Å². The molecule has 0 unspecified atom stereocenters. The third-order valence-electron chi connectivity index (χ3n) is 11.6. The molecule has 11 rings (SSSR count). The fourth-order valence-corrected chi connectivity index (χ4v) is 8.87. The zero-order valence-corrected chi connectivity index (χ0v) is 29.9. The van der Waals surface area contributed by atoms with E-state index in [1.54, 1.807) is 0 Å². The molecule has 0 atom stereocenters. The summed E-state index contributed by atoms with van der Waals surface area (Å²) in [7, 11) is 0. The first-order valence-corrected chi connectivity index (χ1v) is 19.1. The highest BCUT2D eigenvalue weighted by molar-refractivity contribution is 6.22. The Labute approximate surface area is 314 Å². The topological polar surface area (TPSA) is 0 Å². The van der Waals surface area contributed by atoms with Gasteiger partial charge in [-0.15, -0.1) is 0 Å². The molecule has 0 fully saturated rings. The van der Waals surface area contributed by atoms with Gasteiger partial charge in [-0.2, -0.15) is 0 Å². The molecule has 0 aliphatic heterocycles. The van der Waals surface area contributed by atoms with Crippen LogP contribution in [0.15, 0.2) is 182 Å². The molecule has 0 bridgehead atoms. The predicted molar refractivity (Wildman–Crippen MR) is 233 cm³/mol. The van der Waals surface area contributed by atoms with Crippen LogP contribution in [0.1, 0.15) is 12.8 Å². The lowest BCUT2D eigenvalue weighted by molar-refractivity contribution is 1.12. The third-order valence-corrected chi connectivity index (χ3v) is 11.6. The molecule has 10 aromatic rings. The molecule has 1 aliphatic rings. The number of fused-ring (bicyclic) bond motifs is 6. The molecule has 252 valence electrons. The smallest absolute Gasteiger partial charge is 0.00259 e. The summed E-state index contributed by atoms with van der Waals surface area (Å²) in [4.78, 5) is 0. The van der Waals surface area contributed by atoms with E-state index in [1.165, 1.54) is 109 Å². The van der Waals surface area contributed by atoms with Crippen molar-refractivity contribution in [1.29, 1.82) is 0 Å². The molecule has 0 radical (unpaired) electrons. The molecular weight excluding hydrogens is 649 g/mol. The van der Waals surface area contributed by atoms with Crippen molar-refractivity contribution in [3.05, 3.63) is 192 Å². The van der Waals surface area contributed by atoms with Crippen LogP contribution in [0.4, 0.5) is 0 Å². The predicted octanol–water partition coefficient (Wildman–Crippen LogP) is 13.5. The molecule has 0 heterocycles. The number of benzene rings is 10. The Balaban J connectivity index is 1.12. The summed E-state index contributed by atoms with van der Waals surface area (Å²) in [5, 5.41) is 15.3. The molecule has 54 heavy (non-hydrogen) atoms. The maximum Gasteiger partial charge on any atom is -0.00259 e. The Hall–Kier alpha value is -6.76. The minimum Gasteiger partial charge on any atom is -0.0764 e. The second kappa shape index (κ2) is 12.4. The first-order valence-electron chi connectivity index (χ1n) is 19.1. The van der Waals surface area contributed by atoms with E-state index in [1.807, 2.05) is 0 Å². The molecule has 1 aliphatic carbocycles. The Morgan fingerprint density at radius 2 is 0.630 bits per heavy atom. The van der Waals surface area contributed by atoms with Crippen LogP contribution in [0.3, 0.4) is 0 Å². The standard InChI is InChI=1S/C54H36/c1-4-12-38-29-41(20-17-35(38)9-1)42-21-22-44-31-45(24-23-43(44)30-42)46-27-28-51-52(34-46)54(48-26-19-37-11-3-6-14-40(37)33-48)50-16-8-7-15-49(50)53(51)47-25-18-36-10-2-5-13-39(36)32-47/h2-3,5-34H,1,4H2. The van der Waals surface area contributed by atoms with Gasteiger partial charge in [0.1, 0.15) is 0 Å². The average molecular weight is 685 g/mol. The summed E-state index contributed by atoms with van der Waals surface area (Å²) in [5.74, 6) is 0. The van der Waals surface area contributed by atoms with Crippen molar-refractivity contribution in [2.45, 2.75) is 12.8 Å². The minimum atomic E-state index is 1.12. The summed E-state index contributed by atoms with van der Waals surface area (Å²) in [6, 6.07) is 68.0. The van der Waals surface area contributed by atoms with Crippen LogP contribution in [0.5, 0.6) is 0 Å². The molecule has 0 N–H and O–H groups in total. The largest absolute Gasteiger partial charge is 0.0764 e. The van der Waals surface area contributed by atoms with E-state index in [-0.39, 0.29) is 0 Å². The zero-order chi connectivity index (χ0) is 35.6. The monoisotopic (exact) mass is 684 g/mol. The fraction of sp³-hybridized carbons (Fsp3) is 0.0370. The highest BCUT2D eigenvalue weighted by atomic mass is 14.2. The van der Waals surface area contributed by atoms with Crippen LogP contribution in [0.2, 0.25) is 0 Å². The van der Waals surface area contributed by atoms with Crippen LogP contribution in [-0.4, -0.2) is 0 Å². The second-order valence-electron chi connectivity index (χ2n) is 14.8. The fourth-order valence-electron chi connectivity index (χ4n) is 8.87. The van der Waals surface area contributed by atoms with Crippen LogP contribution >= 0.6 is 0 Å². The lowest BCUT2D eigenvalue weighted by atomic mass is 9.84. The van der Waals surface area contributed by atoms with Gasteiger partial charge in [-0.1, -0.05) is 158 Å². The summed E-state index contributed by atoms with van der Waals surface area (Å²) < 4.78 is 0. The minimum absolute atomic E-state index is 1.12. The number of hydrogen-bond acceptors (Lipinski definition) is 0. The number of hydrogen-bond donors (Lipinski definition) is 0. The van der Waals surface area contributed by atoms with Crippen molar-refractivity contribution < 1.29 is 0 Å². The van der Waals surface area contributed by atoms with Crippen LogP contribution in [0.25, 0.3) is 111 Å². The summed E-state index contributed by atoms with van der Waals surface area (Å²) in [5.41, 5.74) is 10.0. The normalized spacial score (nSPS) is 12.6. The highest BCUT2D eigenvalue weighted by Crippen LogP contribution is 2.46. The van der Waals surface area contributed by atoms with Gasteiger partial charge < -0.3 is 0 Å². The van der Waals surface area contributed by atoms with E-state index >= 15 is 0 Å². The first kappa shape index (κ1) is 30.8. The summed E-state index contributed by atoms with van der Waals surface area (Å²) in [6.45, 7) is 0. The van der Waals surface area contributed by atoms with E-state index in [4.69, 9.17) is 0 Å². The van der Waals surface area contributed by atoms with E-state index in [2.05, 4.69) is 194 Å². The summed E-state index contributed by atoms with van der Waals surface area (Å²) in [6.07, 6.45) is 6.98. The van der Waals surface area contributed by atoms with Gasteiger partial charge >= 0.3 is 0 Å². The molecule has 0 saturated carbocycles. The van der Waals surface area contributed by atoms with E-state index in [0.717, 1.165) is 12.8 Å². The van der Waals surface area contributed by atoms with Crippen LogP contribution < -0.4 is 10.4 Å². The molecule has 0 amide bonds. The zero-order valence-electron chi connectivity index (χ0n) is 29.9. The van der Waals surface area contributed by atoms with Gasteiger partial charge in [-0.3, -0.25) is 0 Å². The van der Waals surface area contributed by atoms with E-state index < -0.39 is 0 Å². The Kier molecular flexibility index (Phi) is 7.10. The van der Waals surface area contributed by atoms with Crippen molar-refractivity contribution in [3.8, 4) is 44.5 Å². The van der Waals surface area contributed by atoms with Gasteiger partial charge in [0.05, 0.1) is 0 Å². The Morgan fingerprint density at radius 3 is 1.26 bits per heavy atom. The van der Waals surface area contributed by atoms with Gasteiger partial charge in [0.25, 0.3) is 0 Å². The van der Waals surface area contributed by atoms with E-state index in [0.29, 0.717) is 0 Å². The average Bonchev–Trinajstić information content (AvgIpc) is 3.24. The summed E-state index contributed by atoms with van der Waals surface area (Å²) >= 11 is 0. The molecule has 0 nitrogen and oxygen atoms in total. The van der Waals surface area contributed by atoms with Gasteiger partial charge in [0, 0.05) is 0 Å². The van der Waals surface area contributed by atoms with Crippen LogP contribution in [0, 0.1) is 0 Å². The quantitative estimate of drug-likeness (QED) is 0.162. The molecule has 0 heteroatoms. The van der Waals surface area contributed by atoms with Gasteiger partial charge in [-0.25, -0.2) is 0 Å². The maximum atomic E-state index is 2.44. The van der Waals surface area contributed by atoms with Crippen molar-refractivity contribution >= 4 is 66.0 Å². The maximum absolute atomic E-state index is 2.44. The molecule has 0 aromatic heterocycles. The molecule has 0 saturated heterocycles. The molecule has 0 spiro atoms. The van der Waals surface area contributed by atoms with Gasteiger partial charge in [-0.05, 0) is 158 Å². The van der Waals surface area contributed by atoms with Gasteiger partial charge in [0.2, 0.25) is 0 Å². The first-order chi connectivity index (χ1) is 26.7.